The maximum absolute atomic E-state index is 12.9. The second kappa shape index (κ2) is 8.51. The highest BCUT2D eigenvalue weighted by Gasteiger charge is 2.09. The molecule has 3 aromatic carbocycles. The van der Waals surface area contributed by atoms with E-state index in [2.05, 4.69) is 26.8 Å². The molecule has 0 aliphatic carbocycles. The number of hydrogen-bond acceptors (Lipinski definition) is 4. The quantitative estimate of drug-likeness (QED) is 0.375. The molecule has 32 heavy (non-hydrogen) atoms. The summed E-state index contributed by atoms with van der Waals surface area (Å²) in [5.41, 5.74) is 2.52. The van der Waals surface area contributed by atoms with Crippen LogP contribution in [-0.2, 0) is 6.54 Å². The molecule has 0 saturated carbocycles. The van der Waals surface area contributed by atoms with Crippen LogP contribution in [0.4, 0.5) is 0 Å². The third-order valence-corrected chi connectivity index (χ3v) is 5.39. The molecule has 0 spiro atoms. The van der Waals surface area contributed by atoms with Gasteiger partial charge in [-0.1, -0.05) is 48.5 Å². The number of aromatic nitrogens is 3. The average Bonchev–Trinajstić information content (AvgIpc) is 3.17. The zero-order chi connectivity index (χ0) is 21.9. The van der Waals surface area contributed by atoms with Crippen LogP contribution in [0.25, 0.3) is 21.8 Å². The summed E-state index contributed by atoms with van der Waals surface area (Å²) in [6.07, 6.45) is 3.76. The first-order chi connectivity index (χ1) is 15.7. The number of benzene rings is 3. The maximum Gasteiger partial charge on any atom is 0.282 e. The third-order valence-electron chi connectivity index (χ3n) is 5.39. The van der Waals surface area contributed by atoms with E-state index < -0.39 is 0 Å². The van der Waals surface area contributed by atoms with Crippen molar-refractivity contribution in [2.45, 2.75) is 13.5 Å². The molecule has 6 nitrogen and oxygen atoms in total. The van der Waals surface area contributed by atoms with Gasteiger partial charge in [-0.2, -0.15) is 9.78 Å². The van der Waals surface area contributed by atoms with E-state index in [4.69, 9.17) is 4.74 Å². The maximum atomic E-state index is 12.9. The molecule has 0 saturated heterocycles. The molecule has 0 unspecified atom stereocenters. The Hall–Kier alpha value is -4.19. The van der Waals surface area contributed by atoms with Gasteiger partial charge in [0, 0.05) is 22.7 Å². The van der Waals surface area contributed by atoms with E-state index in [1.165, 1.54) is 4.68 Å². The molecule has 0 N–H and O–H groups in total. The number of para-hydroxylation sites is 3. The summed E-state index contributed by atoms with van der Waals surface area (Å²) in [6, 6.07) is 25.2. The Morgan fingerprint density at radius 3 is 2.50 bits per heavy atom. The van der Waals surface area contributed by atoms with Crippen LogP contribution in [0.5, 0.6) is 5.75 Å². The molecule has 5 rings (SSSR count). The summed E-state index contributed by atoms with van der Waals surface area (Å²) in [5, 5.41) is 6.11. The molecule has 0 aliphatic heterocycles. The minimum atomic E-state index is -0.177. The van der Waals surface area contributed by atoms with Crippen molar-refractivity contribution in [1.82, 2.24) is 14.2 Å². The van der Waals surface area contributed by atoms with Crippen LogP contribution in [0.15, 0.2) is 95.0 Å². The van der Waals surface area contributed by atoms with Gasteiger partial charge in [-0.25, -0.2) is 4.98 Å². The van der Waals surface area contributed by atoms with E-state index in [0.29, 0.717) is 29.9 Å². The molecule has 5 aromatic rings. The van der Waals surface area contributed by atoms with Crippen molar-refractivity contribution in [3.63, 3.8) is 0 Å². The zero-order valence-electron chi connectivity index (χ0n) is 17.7. The standard InChI is InChI=1S/C26H22N4O2/c1-19-28-24-13-7-5-12-23(24)26(31)30(19)27-17-20-18-29(25-14-8-6-11-22(20)25)15-16-32-21-9-3-2-4-10-21/h2-14,17-18H,15-16H2,1H3/b27-17-. The van der Waals surface area contributed by atoms with Crippen LogP contribution >= 0.6 is 0 Å². The molecular formula is C26H22N4O2. The molecule has 158 valence electrons. The summed E-state index contributed by atoms with van der Waals surface area (Å²) in [6.45, 7) is 3.03. The minimum Gasteiger partial charge on any atom is -0.492 e. The summed E-state index contributed by atoms with van der Waals surface area (Å²) < 4.78 is 9.36. The Labute approximate surface area is 185 Å². The Bertz CT molecular complexity index is 1480. The van der Waals surface area contributed by atoms with Crippen molar-refractivity contribution in [2.75, 3.05) is 6.61 Å². The van der Waals surface area contributed by atoms with E-state index >= 15 is 0 Å². The van der Waals surface area contributed by atoms with Gasteiger partial charge in [0.2, 0.25) is 0 Å². The lowest BCUT2D eigenvalue weighted by atomic mass is 10.2. The lowest BCUT2D eigenvalue weighted by Crippen LogP contribution is -2.20. The van der Waals surface area contributed by atoms with Crippen LogP contribution in [0.1, 0.15) is 11.4 Å². The van der Waals surface area contributed by atoms with Crippen molar-refractivity contribution in [2.24, 2.45) is 5.10 Å². The molecule has 0 amide bonds. The van der Waals surface area contributed by atoms with Crippen molar-refractivity contribution in [3.05, 3.63) is 107 Å². The van der Waals surface area contributed by atoms with Gasteiger partial charge in [0.05, 0.1) is 23.7 Å². The zero-order valence-corrected chi connectivity index (χ0v) is 17.7. The molecule has 0 fully saturated rings. The number of ether oxygens (including phenoxy) is 1. The molecule has 0 aliphatic rings. The molecule has 0 radical (unpaired) electrons. The summed E-state index contributed by atoms with van der Waals surface area (Å²) in [5.74, 6) is 1.40. The van der Waals surface area contributed by atoms with Crippen LogP contribution in [-0.4, -0.2) is 27.0 Å². The highest BCUT2D eigenvalue weighted by atomic mass is 16.5. The highest BCUT2D eigenvalue weighted by molar-refractivity contribution is 5.99. The van der Waals surface area contributed by atoms with E-state index in [1.807, 2.05) is 66.9 Å². The fourth-order valence-corrected chi connectivity index (χ4v) is 3.83. The lowest BCUT2D eigenvalue weighted by molar-refractivity contribution is 0.300. The Kier molecular flexibility index (Phi) is 5.25. The first-order valence-electron chi connectivity index (χ1n) is 10.5. The van der Waals surface area contributed by atoms with Crippen molar-refractivity contribution in [1.29, 1.82) is 0 Å². The lowest BCUT2D eigenvalue weighted by Gasteiger charge is -2.08. The van der Waals surface area contributed by atoms with E-state index in [9.17, 15) is 4.79 Å². The smallest absolute Gasteiger partial charge is 0.282 e. The number of nitrogens with zero attached hydrogens (tertiary/aromatic N) is 4. The summed E-state index contributed by atoms with van der Waals surface area (Å²) in [4.78, 5) is 17.4. The monoisotopic (exact) mass is 422 g/mol. The van der Waals surface area contributed by atoms with Gasteiger partial charge in [0.1, 0.15) is 18.2 Å². The van der Waals surface area contributed by atoms with Crippen molar-refractivity contribution < 1.29 is 4.74 Å². The number of aryl methyl sites for hydroxylation is 1. The van der Waals surface area contributed by atoms with Gasteiger partial charge in [-0.3, -0.25) is 4.79 Å². The molecule has 2 heterocycles. The Balaban J connectivity index is 1.45. The van der Waals surface area contributed by atoms with Gasteiger partial charge in [0.15, 0.2) is 0 Å². The van der Waals surface area contributed by atoms with Gasteiger partial charge in [-0.05, 0) is 37.3 Å². The van der Waals surface area contributed by atoms with Gasteiger partial charge >= 0.3 is 0 Å². The fourth-order valence-electron chi connectivity index (χ4n) is 3.83. The van der Waals surface area contributed by atoms with Crippen molar-refractivity contribution >= 4 is 28.0 Å². The molecule has 6 heteroatoms. The van der Waals surface area contributed by atoms with E-state index in [1.54, 1.807) is 19.2 Å². The number of rotatable bonds is 6. The minimum absolute atomic E-state index is 0.177. The average molecular weight is 422 g/mol. The predicted octanol–water partition coefficient (Wildman–Crippen LogP) is 4.62. The normalized spacial score (nSPS) is 11.5. The third kappa shape index (κ3) is 3.78. The highest BCUT2D eigenvalue weighted by Crippen LogP contribution is 2.20. The fraction of sp³-hybridized carbons (Fsp3) is 0.115. The van der Waals surface area contributed by atoms with Crippen LogP contribution < -0.4 is 10.3 Å². The van der Waals surface area contributed by atoms with Crippen molar-refractivity contribution in [3.8, 4) is 5.75 Å². The van der Waals surface area contributed by atoms with Crippen LogP contribution in [0, 0.1) is 6.92 Å². The van der Waals surface area contributed by atoms with Gasteiger partial charge in [-0.15, -0.1) is 0 Å². The Morgan fingerprint density at radius 1 is 0.938 bits per heavy atom. The first-order valence-corrected chi connectivity index (χ1v) is 10.5. The predicted molar refractivity (Wildman–Crippen MR) is 128 cm³/mol. The molecule has 0 bridgehead atoms. The SMILES string of the molecule is Cc1nc2ccccc2c(=O)n1/N=C\c1cn(CCOc2ccccc2)c2ccccc12. The number of hydrogen-bond donors (Lipinski definition) is 0. The second-order valence-electron chi connectivity index (χ2n) is 7.49. The summed E-state index contributed by atoms with van der Waals surface area (Å²) >= 11 is 0. The van der Waals surface area contributed by atoms with E-state index in [-0.39, 0.29) is 5.56 Å². The Morgan fingerprint density at radius 2 is 1.66 bits per heavy atom. The number of fused-ring (bicyclic) bond motifs is 2. The van der Waals surface area contributed by atoms with Crippen LogP contribution in [0.2, 0.25) is 0 Å². The topological polar surface area (TPSA) is 61.4 Å². The molecule has 0 atom stereocenters. The van der Waals surface area contributed by atoms with Gasteiger partial charge in [0.25, 0.3) is 5.56 Å². The molecule has 2 aromatic heterocycles. The van der Waals surface area contributed by atoms with E-state index in [0.717, 1.165) is 22.2 Å². The summed E-state index contributed by atoms with van der Waals surface area (Å²) in [7, 11) is 0. The van der Waals surface area contributed by atoms with Crippen LogP contribution in [0.3, 0.4) is 0 Å². The molecular weight excluding hydrogens is 400 g/mol. The largest absolute Gasteiger partial charge is 0.492 e. The second-order valence-corrected chi connectivity index (χ2v) is 7.49. The van der Waals surface area contributed by atoms with Gasteiger partial charge < -0.3 is 9.30 Å². The first kappa shape index (κ1) is 19.8.